The molecule has 4 N–H and O–H groups in total. The summed E-state index contributed by atoms with van der Waals surface area (Å²) in [6, 6.07) is 2.52. The summed E-state index contributed by atoms with van der Waals surface area (Å²) in [5.74, 6) is -1.20. The van der Waals surface area contributed by atoms with E-state index >= 15 is 0 Å². The van der Waals surface area contributed by atoms with Crippen LogP contribution in [0.1, 0.15) is 5.56 Å². The van der Waals surface area contributed by atoms with Gasteiger partial charge in [0.1, 0.15) is 17.5 Å². The lowest BCUT2D eigenvalue weighted by Gasteiger charge is -2.10. The third-order valence-electron chi connectivity index (χ3n) is 1.36. The molecule has 1 heterocycles. The van der Waals surface area contributed by atoms with Gasteiger partial charge in [0.05, 0.1) is 5.69 Å². The Kier molecular flexibility index (Phi) is 2.57. The number of rotatable bonds is 1. The lowest BCUT2D eigenvalue weighted by atomic mass is 10.2. The van der Waals surface area contributed by atoms with Gasteiger partial charge in [-0.1, -0.05) is 0 Å². The molecule has 0 unspecified atom stereocenters. The quantitative estimate of drug-likeness (QED) is 0.733. The summed E-state index contributed by atoms with van der Waals surface area (Å²) in [6.07, 6.45) is -4.95. The fraction of sp³-hybridized carbons (Fsp3) is 0.143. The van der Waals surface area contributed by atoms with E-state index in [4.69, 9.17) is 16.7 Å². The van der Waals surface area contributed by atoms with Crippen molar-refractivity contribution in [3.05, 3.63) is 11.6 Å². The van der Waals surface area contributed by atoms with Crippen LogP contribution >= 0.6 is 0 Å². The molecule has 0 fully saturated rings. The van der Waals surface area contributed by atoms with E-state index in [0.29, 0.717) is 0 Å². The van der Waals surface area contributed by atoms with E-state index < -0.39 is 17.8 Å². The summed E-state index contributed by atoms with van der Waals surface area (Å²) in [4.78, 5) is 3.22. The maximum Gasteiger partial charge on any atom is 0.574 e. The molecule has 8 heteroatoms. The fourth-order valence-electron chi connectivity index (χ4n) is 0.856. The molecule has 0 spiro atoms. The topological polar surface area (TPSA) is 98.0 Å². The fourth-order valence-corrected chi connectivity index (χ4v) is 0.856. The lowest BCUT2D eigenvalue weighted by molar-refractivity contribution is -0.276. The molecule has 0 aliphatic carbocycles. The highest BCUT2D eigenvalue weighted by Gasteiger charge is 2.33. The zero-order valence-corrected chi connectivity index (χ0v) is 7.17. The van der Waals surface area contributed by atoms with Gasteiger partial charge >= 0.3 is 6.36 Å². The normalized spacial score (nSPS) is 10.8. The van der Waals surface area contributed by atoms with Crippen LogP contribution in [0.3, 0.4) is 0 Å². The first-order chi connectivity index (χ1) is 6.83. The Balaban J connectivity index is 3.23. The molecule has 0 aliphatic heterocycles. The number of hydrogen-bond donors (Lipinski definition) is 2. The number of alkyl halides is 3. The Morgan fingerprint density at radius 1 is 1.40 bits per heavy atom. The van der Waals surface area contributed by atoms with Crippen LogP contribution in [0.25, 0.3) is 0 Å². The van der Waals surface area contributed by atoms with Crippen molar-refractivity contribution in [2.24, 2.45) is 0 Å². The number of nitrogen functional groups attached to an aromatic ring is 2. The van der Waals surface area contributed by atoms with E-state index in [1.165, 1.54) is 6.07 Å². The summed E-state index contributed by atoms with van der Waals surface area (Å²) in [5.41, 5.74) is 9.70. The third-order valence-corrected chi connectivity index (χ3v) is 1.36. The molecule has 0 amide bonds. The van der Waals surface area contributed by atoms with Crippen molar-refractivity contribution in [3.8, 4) is 11.9 Å². The predicted molar refractivity (Wildman–Crippen MR) is 44.5 cm³/mol. The predicted octanol–water partition coefficient (Wildman–Crippen LogP) is 1.02. The van der Waals surface area contributed by atoms with Crippen LogP contribution in [0.5, 0.6) is 5.88 Å². The summed E-state index contributed by atoms with van der Waals surface area (Å²) in [6.45, 7) is 0. The van der Waals surface area contributed by atoms with Crippen LogP contribution in [0, 0.1) is 11.3 Å². The maximum absolute atomic E-state index is 11.9. The number of hydrogen-bond acceptors (Lipinski definition) is 5. The summed E-state index contributed by atoms with van der Waals surface area (Å²) < 4.78 is 39.1. The van der Waals surface area contributed by atoms with Crippen molar-refractivity contribution in [1.82, 2.24) is 4.98 Å². The number of nitrogens with two attached hydrogens (primary N) is 2. The molecule has 5 nitrogen and oxygen atoms in total. The molecule has 0 aromatic carbocycles. The van der Waals surface area contributed by atoms with E-state index in [1.54, 1.807) is 0 Å². The SMILES string of the molecule is N#Cc1c(N)cc(N)nc1OC(F)(F)F. The second-order valence-corrected chi connectivity index (χ2v) is 2.48. The average molecular weight is 218 g/mol. The smallest absolute Gasteiger partial charge is 0.397 e. The minimum absolute atomic E-state index is 0.218. The van der Waals surface area contributed by atoms with Crippen molar-refractivity contribution >= 4 is 11.5 Å². The van der Waals surface area contributed by atoms with Crippen molar-refractivity contribution in [3.63, 3.8) is 0 Å². The Bertz CT molecular complexity index is 423. The minimum Gasteiger partial charge on any atom is -0.397 e. The Labute approximate surface area is 82.1 Å². The number of nitriles is 1. The van der Waals surface area contributed by atoms with E-state index in [0.717, 1.165) is 6.07 Å². The number of aromatic nitrogens is 1. The molecule has 0 saturated carbocycles. The van der Waals surface area contributed by atoms with Crippen LogP contribution in [0.15, 0.2) is 6.07 Å². The number of halogens is 3. The first-order valence-corrected chi connectivity index (χ1v) is 3.55. The van der Waals surface area contributed by atoms with Gasteiger partial charge in [-0.3, -0.25) is 0 Å². The number of anilines is 2. The van der Waals surface area contributed by atoms with Crippen molar-refractivity contribution < 1.29 is 17.9 Å². The van der Waals surface area contributed by atoms with E-state index in [-0.39, 0.29) is 11.5 Å². The number of pyridine rings is 1. The molecule has 0 atom stereocenters. The standard InChI is InChI=1S/C7H5F3N4O/c8-7(9,10)15-6-3(2-11)4(12)1-5(13)14-6/h1H,(H4,12,13,14). The van der Waals surface area contributed by atoms with Crippen molar-refractivity contribution in [2.75, 3.05) is 11.5 Å². The molecule has 1 aromatic heterocycles. The Morgan fingerprint density at radius 2 is 2.00 bits per heavy atom. The third kappa shape index (κ3) is 2.63. The van der Waals surface area contributed by atoms with Crippen LogP contribution in [-0.2, 0) is 0 Å². The van der Waals surface area contributed by atoms with E-state index in [9.17, 15) is 13.2 Å². The van der Waals surface area contributed by atoms with Gasteiger partial charge in [0.25, 0.3) is 0 Å². The van der Waals surface area contributed by atoms with Gasteiger partial charge in [0, 0.05) is 6.07 Å². The molecule has 0 radical (unpaired) electrons. The van der Waals surface area contributed by atoms with Gasteiger partial charge in [-0.15, -0.1) is 13.2 Å². The molecular formula is C7H5F3N4O. The maximum atomic E-state index is 11.9. The molecule has 0 bridgehead atoms. The lowest BCUT2D eigenvalue weighted by Crippen LogP contribution is -2.19. The van der Waals surface area contributed by atoms with Gasteiger partial charge in [-0.2, -0.15) is 10.2 Å². The first-order valence-electron chi connectivity index (χ1n) is 3.55. The monoisotopic (exact) mass is 218 g/mol. The second kappa shape index (κ2) is 3.53. The van der Waals surface area contributed by atoms with Gasteiger partial charge in [0.2, 0.25) is 5.88 Å². The molecule has 0 saturated heterocycles. The zero-order chi connectivity index (χ0) is 11.6. The minimum atomic E-state index is -4.95. The molecular weight excluding hydrogens is 213 g/mol. The summed E-state index contributed by atoms with van der Waals surface area (Å²) in [7, 11) is 0. The van der Waals surface area contributed by atoms with Gasteiger partial charge in [-0.05, 0) is 0 Å². The molecule has 15 heavy (non-hydrogen) atoms. The van der Waals surface area contributed by atoms with Crippen LogP contribution in [0.2, 0.25) is 0 Å². The van der Waals surface area contributed by atoms with Gasteiger partial charge in [-0.25, -0.2) is 0 Å². The van der Waals surface area contributed by atoms with Crippen LogP contribution in [0.4, 0.5) is 24.7 Å². The van der Waals surface area contributed by atoms with Gasteiger partial charge in [0.15, 0.2) is 0 Å². The van der Waals surface area contributed by atoms with E-state index in [2.05, 4.69) is 9.72 Å². The highest BCUT2D eigenvalue weighted by Crippen LogP contribution is 2.28. The number of nitrogens with zero attached hydrogens (tertiary/aromatic N) is 2. The molecule has 1 aromatic rings. The molecule has 80 valence electrons. The zero-order valence-electron chi connectivity index (χ0n) is 7.17. The summed E-state index contributed by atoms with van der Waals surface area (Å²) >= 11 is 0. The second-order valence-electron chi connectivity index (χ2n) is 2.48. The van der Waals surface area contributed by atoms with Crippen LogP contribution in [-0.4, -0.2) is 11.3 Å². The highest BCUT2D eigenvalue weighted by molar-refractivity contribution is 5.62. The average Bonchev–Trinajstić information content (AvgIpc) is 1.99. The largest absolute Gasteiger partial charge is 0.574 e. The number of ether oxygens (including phenoxy) is 1. The highest BCUT2D eigenvalue weighted by atomic mass is 19.4. The summed E-state index contributed by atoms with van der Waals surface area (Å²) in [5, 5.41) is 8.53. The van der Waals surface area contributed by atoms with Crippen LogP contribution < -0.4 is 16.2 Å². The van der Waals surface area contributed by atoms with Gasteiger partial charge < -0.3 is 16.2 Å². The molecule has 1 rings (SSSR count). The molecule has 0 aliphatic rings. The van der Waals surface area contributed by atoms with Crippen molar-refractivity contribution in [2.45, 2.75) is 6.36 Å². The first kappa shape index (κ1) is 10.9. The van der Waals surface area contributed by atoms with Crippen molar-refractivity contribution in [1.29, 1.82) is 5.26 Å². The Morgan fingerprint density at radius 3 is 2.47 bits per heavy atom. The van der Waals surface area contributed by atoms with E-state index in [1.807, 2.05) is 0 Å². The Hall–Kier alpha value is -2.17.